The molecule has 1 amide bonds. The van der Waals surface area contributed by atoms with E-state index in [0.29, 0.717) is 34.7 Å². The summed E-state index contributed by atoms with van der Waals surface area (Å²) in [6.07, 6.45) is 3.86. The molecular weight excluding hydrogens is 344 g/mol. The highest BCUT2D eigenvalue weighted by molar-refractivity contribution is 5.92. The van der Waals surface area contributed by atoms with Crippen LogP contribution in [0.4, 0.5) is 6.01 Å². The fourth-order valence-electron chi connectivity index (χ4n) is 2.76. The zero-order valence-corrected chi connectivity index (χ0v) is 15.8. The van der Waals surface area contributed by atoms with E-state index >= 15 is 0 Å². The number of aromatic nitrogens is 2. The molecule has 0 radical (unpaired) electrons. The molecule has 0 aliphatic carbocycles. The highest BCUT2D eigenvalue weighted by Gasteiger charge is 2.10. The van der Waals surface area contributed by atoms with Crippen molar-refractivity contribution in [3.05, 3.63) is 42.2 Å². The van der Waals surface area contributed by atoms with Crippen LogP contribution in [-0.2, 0) is 0 Å². The van der Waals surface area contributed by atoms with Crippen molar-refractivity contribution in [2.75, 3.05) is 18.9 Å². The van der Waals surface area contributed by atoms with Gasteiger partial charge in [-0.3, -0.25) is 9.78 Å². The van der Waals surface area contributed by atoms with Crippen molar-refractivity contribution in [2.45, 2.75) is 26.7 Å². The predicted molar refractivity (Wildman–Crippen MR) is 104 cm³/mol. The molecule has 0 aliphatic rings. The summed E-state index contributed by atoms with van der Waals surface area (Å²) in [6.45, 7) is 5.20. The molecule has 1 atom stereocenters. The lowest BCUT2D eigenvalue weighted by molar-refractivity contribution is 0.0958. The van der Waals surface area contributed by atoms with E-state index in [9.17, 15) is 4.79 Å². The van der Waals surface area contributed by atoms with E-state index < -0.39 is 0 Å². The summed E-state index contributed by atoms with van der Waals surface area (Å²) >= 11 is 0. The van der Waals surface area contributed by atoms with Crippen LogP contribution in [0.25, 0.3) is 11.1 Å². The minimum atomic E-state index is -0.265. The van der Waals surface area contributed by atoms with Crippen LogP contribution in [-0.4, -0.2) is 29.5 Å². The van der Waals surface area contributed by atoms with Gasteiger partial charge in [-0.25, -0.2) is 0 Å². The Balaban J connectivity index is 1.72. The number of pyridine rings is 1. The Morgan fingerprint density at radius 3 is 2.85 bits per heavy atom. The van der Waals surface area contributed by atoms with Gasteiger partial charge in [0.05, 0.1) is 0 Å². The van der Waals surface area contributed by atoms with Crippen molar-refractivity contribution in [1.29, 1.82) is 0 Å². The second-order valence-corrected chi connectivity index (χ2v) is 6.48. The molecule has 0 spiro atoms. The van der Waals surface area contributed by atoms with E-state index in [1.54, 1.807) is 25.2 Å². The lowest BCUT2D eigenvalue weighted by Crippen LogP contribution is -2.18. The second kappa shape index (κ2) is 8.53. The van der Waals surface area contributed by atoms with Gasteiger partial charge >= 0.3 is 0 Å². The summed E-state index contributed by atoms with van der Waals surface area (Å²) in [5.41, 5.74) is 1.69. The van der Waals surface area contributed by atoms with Crippen LogP contribution in [0.15, 0.2) is 40.9 Å². The normalized spacial score (nSPS) is 12.0. The Hall–Kier alpha value is -3.09. The van der Waals surface area contributed by atoms with Crippen LogP contribution < -0.4 is 15.4 Å². The van der Waals surface area contributed by atoms with Gasteiger partial charge in [0.25, 0.3) is 11.9 Å². The van der Waals surface area contributed by atoms with Crippen molar-refractivity contribution in [2.24, 2.45) is 5.92 Å². The van der Waals surface area contributed by atoms with Gasteiger partial charge in [0.1, 0.15) is 22.7 Å². The molecule has 2 N–H and O–H groups in total. The summed E-state index contributed by atoms with van der Waals surface area (Å²) < 4.78 is 11.6. The number of hydrogen-bond acceptors (Lipinski definition) is 6. The standard InChI is InChI=1S/C20H24N4O3/c1-4-5-13(2)12-23-20-24-16-7-6-14(11-18(16)27-20)26-15-8-9-22-17(10-15)19(25)21-3/h6-11,13H,4-5,12H2,1-3H3,(H,21,25)(H,23,24). The number of anilines is 1. The average Bonchev–Trinajstić information content (AvgIpc) is 3.08. The van der Waals surface area contributed by atoms with Crippen LogP contribution in [0, 0.1) is 5.92 Å². The maximum atomic E-state index is 11.7. The number of nitrogens with one attached hydrogen (secondary N) is 2. The Morgan fingerprint density at radius 1 is 1.26 bits per heavy atom. The number of hydrogen-bond donors (Lipinski definition) is 2. The first-order valence-corrected chi connectivity index (χ1v) is 9.09. The molecule has 1 aromatic carbocycles. The summed E-state index contributed by atoms with van der Waals surface area (Å²) in [7, 11) is 1.56. The molecular formula is C20H24N4O3. The van der Waals surface area contributed by atoms with Gasteiger partial charge in [0, 0.05) is 31.9 Å². The molecule has 3 aromatic rings. The number of nitrogens with zero attached hydrogens (tertiary/aromatic N) is 2. The number of benzene rings is 1. The van der Waals surface area contributed by atoms with Crippen molar-refractivity contribution >= 4 is 23.0 Å². The van der Waals surface area contributed by atoms with Gasteiger partial charge in [-0.05, 0) is 30.5 Å². The third-order valence-electron chi connectivity index (χ3n) is 4.17. The largest absolute Gasteiger partial charge is 0.457 e. The van der Waals surface area contributed by atoms with Crippen LogP contribution in [0.1, 0.15) is 37.2 Å². The fourth-order valence-corrected chi connectivity index (χ4v) is 2.76. The Morgan fingerprint density at radius 2 is 2.07 bits per heavy atom. The molecule has 0 bridgehead atoms. The molecule has 0 saturated carbocycles. The van der Waals surface area contributed by atoms with E-state index in [2.05, 4.69) is 34.4 Å². The zero-order valence-electron chi connectivity index (χ0n) is 15.8. The molecule has 2 aromatic heterocycles. The number of rotatable bonds is 8. The maximum absolute atomic E-state index is 11.7. The fraction of sp³-hybridized carbons (Fsp3) is 0.350. The molecule has 0 saturated heterocycles. The van der Waals surface area contributed by atoms with Crippen LogP contribution in [0.5, 0.6) is 11.5 Å². The van der Waals surface area contributed by atoms with Crippen LogP contribution in [0.3, 0.4) is 0 Å². The van der Waals surface area contributed by atoms with E-state index in [4.69, 9.17) is 9.15 Å². The topological polar surface area (TPSA) is 89.3 Å². The van der Waals surface area contributed by atoms with E-state index in [1.807, 2.05) is 12.1 Å². The third kappa shape index (κ3) is 4.75. The van der Waals surface area contributed by atoms with Crippen molar-refractivity contribution in [1.82, 2.24) is 15.3 Å². The number of carbonyl (C=O) groups is 1. The van der Waals surface area contributed by atoms with Gasteiger partial charge in [-0.2, -0.15) is 4.98 Å². The van der Waals surface area contributed by atoms with Gasteiger partial charge < -0.3 is 19.8 Å². The average molecular weight is 368 g/mol. The number of carbonyl (C=O) groups excluding carboxylic acids is 1. The molecule has 0 fully saturated rings. The third-order valence-corrected chi connectivity index (χ3v) is 4.17. The lowest BCUT2D eigenvalue weighted by Gasteiger charge is -2.09. The number of ether oxygens (including phenoxy) is 1. The Labute approximate surface area is 158 Å². The predicted octanol–water partition coefficient (Wildman–Crippen LogP) is 4.22. The van der Waals surface area contributed by atoms with Gasteiger partial charge in [0.15, 0.2) is 5.58 Å². The monoisotopic (exact) mass is 368 g/mol. The second-order valence-electron chi connectivity index (χ2n) is 6.48. The molecule has 7 nitrogen and oxygen atoms in total. The highest BCUT2D eigenvalue weighted by Crippen LogP contribution is 2.27. The first-order chi connectivity index (χ1) is 13.1. The number of amides is 1. The van der Waals surface area contributed by atoms with E-state index in [0.717, 1.165) is 24.9 Å². The minimum absolute atomic E-state index is 0.265. The summed E-state index contributed by atoms with van der Waals surface area (Å²) in [4.78, 5) is 20.2. The lowest BCUT2D eigenvalue weighted by atomic mass is 10.1. The number of fused-ring (bicyclic) bond motifs is 1. The molecule has 3 rings (SSSR count). The highest BCUT2D eigenvalue weighted by atomic mass is 16.5. The van der Waals surface area contributed by atoms with E-state index in [1.165, 1.54) is 6.20 Å². The van der Waals surface area contributed by atoms with Crippen LogP contribution in [0.2, 0.25) is 0 Å². The SMILES string of the molecule is CCCC(C)CNc1nc2ccc(Oc3ccnc(C(=O)NC)c3)cc2o1. The van der Waals surface area contributed by atoms with Gasteiger partial charge in [-0.15, -0.1) is 0 Å². The van der Waals surface area contributed by atoms with E-state index in [-0.39, 0.29) is 5.91 Å². The molecule has 7 heteroatoms. The zero-order chi connectivity index (χ0) is 19.2. The van der Waals surface area contributed by atoms with Crippen LogP contribution >= 0.6 is 0 Å². The summed E-state index contributed by atoms with van der Waals surface area (Å²) in [6, 6.07) is 9.23. The Kier molecular flexibility index (Phi) is 5.90. The molecule has 1 unspecified atom stereocenters. The molecule has 2 heterocycles. The Bertz CT molecular complexity index is 922. The smallest absolute Gasteiger partial charge is 0.295 e. The molecule has 142 valence electrons. The van der Waals surface area contributed by atoms with Gasteiger partial charge in [0.2, 0.25) is 0 Å². The summed E-state index contributed by atoms with van der Waals surface area (Å²) in [5.74, 6) is 1.41. The quantitative estimate of drug-likeness (QED) is 0.619. The van der Waals surface area contributed by atoms with Crippen molar-refractivity contribution < 1.29 is 13.9 Å². The first-order valence-electron chi connectivity index (χ1n) is 9.09. The number of oxazole rings is 1. The molecule has 0 aliphatic heterocycles. The first kappa shape index (κ1) is 18.7. The van der Waals surface area contributed by atoms with Gasteiger partial charge in [-0.1, -0.05) is 20.3 Å². The van der Waals surface area contributed by atoms with Crippen molar-refractivity contribution in [3.63, 3.8) is 0 Å². The molecule has 27 heavy (non-hydrogen) atoms. The summed E-state index contributed by atoms with van der Waals surface area (Å²) in [5, 5.41) is 5.78. The minimum Gasteiger partial charge on any atom is -0.457 e. The maximum Gasteiger partial charge on any atom is 0.295 e. The van der Waals surface area contributed by atoms with Crippen molar-refractivity contribution in [3.8, 4) is 11.5 Å².